The fraction of sp³-hybridized carbons (Fsp3) is 0.111. The van der Waals surface area contributed by atoms with E-state index in [1.165, 1.54) is 0 Å². The van der Waals surface area contributed by atoms with Crippen LogP contribution in [0.5, 0.6) is 0 Å². The fourth-order valence-corrected chi connectivity index (χ4v) is 2.58. The molecule has 3 rings (SSSR count). The molecule has 1 aromatic carbocycles. The molecule has 5 N–H and O–H groups in total. The van der Waals surface area contributed by atoms with Crippen molar-refractivity contribution < 1.29 is 0 Å². The van der Waals surface area contributed by atoms with Crippen molar-refractivity contribution in [3.63, 3.8) is 0 Å². The molecule has 0 saturated heterocycles. The number of imidazole rings is 1. The Balaban J connectivity index is 1.68. The lowest BCUT2D eigenvalue weighted by Gasteiger charge is -2.11. The van der Waals surface area contributed by atoms with Crippen molar-refractivity contribution in [1.82, 2.24) is 15.0 Å². The Morgan fingerprint density at radius 1 is 1.32 bits per heavy atom. The van der Waals surface area contributed by atoms with Gasteiger partial charge in [0.05, 0.1) is 11.9 Å². The maximum absolute atomic E-state index is 6.13. The Bertz CT molecular complexity index is 879. The van der Waals surface area contributed by atoms with Gasteiger partial charge in [0.25, 0.3) is 0 Å². The number of halogens is 1. The zero-order valence-corrected chi connectivity index (χ0v) is 14.3. The summed E-state index contributed by atoms with van der Waals surface area (Å²) in [7, 11) is 0. The Hall–Kier alpha value is -2.99. The van der Waals surface area contributed by atoms with E-state index in [0.29, 0.717) is 17.4 Å². The summed E-state index contributed by atoms with van der Waals surface area (Å²) in [5.41, 5.74) is 9.58. The lowest BCUT2D eigenvalue weighted by atomic mass is 10.1. The normalized spacial score (nSPS) is 11.5. The predicted octanol–water partition coefficient (Wildman–Crippen LogP) is 3.42. The van der Waals surface area contributed by atoms with Crippen LogP contribution in [0.1, 0.15) is 16.8 Å². The lowest BCUT2D eigenvalue weighted by Crippen LogP contribution is -2.16. The van der Waals surface area contributed by atoms with Gasteiger partial charge in [-0.15, -0.1) is 0 Å². The number of amidine groups is 1. The second-order valence-corrected chi connectivity index (χ2v) is 5.91. The number of nitrogens with two attached hydrogens (primary N) is 1. The molecule has 2 heterocycles. The number of hydrogen-bond acceptors (Lipinski definition) is 3. The van der Waals surface area contributed by atoms with E-state index in [1.807, 2.05) is 30.3 Å². The van der Waals surface area contributed by atoms with Gasteiger partial charge in [-0.05, 0) is 23.8 Å². The monoisotopic (exact) mass is 354 g/mol. The molecule has 0 spiro atoms. The summed E-state index contributed by atoms with van der Waals surface area (Å²) >= 11 is 6.03. The van der Waals surface area contributed by atoms with Gasteiger partial charge in [0.15, 0.2) is 0 Å². The summed E-state index contributed by atoms with van der Waals surface area (Å²) in [5.74, 6) is 1.20. The SMILES string of the molecule is C=C(Nc1[nH]ccc1C(N)=NCCc1cnc[nH]1)c1cccc(Cl)c1. The van der Waals surface area contributed by atoms with Crippen LogP contribution in [0.15, 0.2) is 60.6 Å². The second-order valence-electron chi connectivity index (χ2n) is 5.47. The predicted molar refractivity (Wildman–Crippen MR) is 103 cm³/mol. The van der Waals surface area contributed by atoms with Gasteiger partial charge in [0.1, 0.15) is 11.7 Å². The van der Waals surface area contributed by atoms with Crippen LogP contribution >= 0.6 is 11.6 Å². The number of aliphatic imine (C=N–C) groups is 1. The van der Waals surface area contributed by atoms with Crippen molar-refractivity contribution >= 4 is 29.0 Å². The molecule has 0 unspecified atom stereocenters. The lowest BCUT2D eigenvalue weighted by molar-refractivity contribution is 0.933. The quantitative estimate of drug-likeness (QED) is 0.386. The first-order valence-electron chi connectivity index (χ1n) is 7.80. The van der Waals surface area contributed by atoms with Crippen LogP contribution in [0.3, 0.4) is 0 Å². The van der Waals surface area contributed by atoms with Crippen LogP contribution in [0, 0.1) is 0 Å². The van der Waals surface area contributed by atoms with Gasteiger partial charge in [-0.1, -0.05) is 30.3 Å². The smallest absolute Gasteiger partial charge is 0.129 e. The third-order valence-electron chi connectivity index (χ3n) is 3.69. The molecule has 3 aromatic rings. The van der Waals surface area contributed by atoms with Crippen LogP contribution in [-0.4, -0.2) is 27.3 Å². The average Bonchev–Trinajstić information content (AvgIpc) is 3.26. The minimum Gasteiger partial charge on any atom is -0.383 e. The van der Waals surface area contributed by atoms with E-state index in [-0.39, 0.29) is 0 Å². The zero-order chi connectivity index (χ0) is 17.6. The third kappa shape index (κ3) is 4.30. The maximum atomic E-state index is 6.13. The van der Waals surface area contributed by atoms with E-state index in [4.69, 9.17) is 17.3 Å². The van der Waals surface area contributed by atoms with Crippen molar-refractivity contribution in [3.8, 4) is 0 Å². The first kappa shape index (κ1) is 16.9. The Kier molecular flexibility index (Phi) is 5.20. The minimum absolute atomic E-state index is 0.460. The van der Waals surface area contributed by atoms with E-state index >= 15 is 0 Å². The minimum atomic E-state index is 0.460. The summed E-state index contributed by atoms with van der Waals surface area (Å²) in [6.45, 7) is 4.63. The van der Waals surface area contributed by atoms with Gasteiger partial charge in [-0.2, -0.15) is 0 Å². The summed E-state index contributed by atoms with van der Waals surface area (Å²) in [6.07, 6.45) is 5.99. The van der Waals surface area contributed by atoms with Gasteiger partial charge in [-0.25, -0.2) is 4.98 Å². The summed E-state index contributed by atoms with van der Waals surface area (Å²) in [6, 6.07) is 9.36. The van der Waals surface area contributed by atoms with Gasteiger partial charge >= 0.3 is 0 Å². The van der Waals surface area contributed by atoms with E-state index in [0.717, 1.165) is 34.8 Å². The molecule has 0 saturated carbocycles. The van der Waals surface area contributed by atoms with Gasteiger partial charge < -0.3 is 21.0 Å². The molecule has 25 heavy (non-hydrogen) atoms. The van der Waals surface area contributed by atoms with Crippen LogP contribution in [0.2, 0.25) is 5.02 Å². The van der Waals surface area contributed by atoms with Crippen LogP contribution in [-0.2, 0) is 6.42 Å². The Morgan fingerprint density at radius 2 is 2.20 bits per heavy atom. The van der Waals surface area contributed by atoms with Crippen LogP contribution < -0.4 is 11.1 Å². The average molecular weight is 355 g/mol. The Labute approximate surface area is 150 Å². The van der Waals surface area contributed by atoms with E-state index in [2.05, 4.69) is 31.8 Å². The molecular weight excluding hydrogens is 336 g/mol. The van der Waals surface area contributed by atoms with Gasteiger partial charge in [0.2, 0.25) is 0 Å². The van der Waals surface area contributed by atoms with Crippen LogP contribution in [0.4, 0.5) is 5.82 Å². The number of rotatable bonds is 7. The number of H-pyrrole nitrogens is 2. The Morgan fingerprint density at radius 3 is 2.96 bits per heavy atom. The zero-order valence-electron chi connectivity index (χ0n) is 13.6. The van der Waals surface area contributed by atoms with Crippen molar-refractivity contribution in [2.45, 2.75) is 6.42 Å². The molecule has 2 aromatic heterocycles. The topological polar surface area (TPSA) is 94.9 Å². The largest absolute Gasteiger partial charge is 0.383 e. The second kappa shape index (κ2) is 7.72. The van der Waals surface area contributed by atoms with E-state index in [1.54, 1.807) is 18.7 Å². The van der Waals surface area contributed by atoms with Crippen molar-refractivity contribution in [1.29, 1.82) is 0 Å². The standard InChI is InChI=1S/C18H19ClN6/c1-12(13-3-2-4-14(19)9-13)25-18-16(6-8-23-18)17(20)22-7-5-15-10-21-11-24-15/h2-4,6,8-11,23,25H,1,5,7H2,(H2,20,22)(H,21,24). The molecule has 0 aliphatic heterocycles. The molecular formula is C18H19ClN6. The maximum Gasteiger partial charge on any atom is 0.129 e. The highest BCUT2D eigenvalue weighted by Gasteiger charge is 2.09. The molecule has 0 atom stereocenters. The van der Waals surface area contributed by atoms with E-state index < -0.39 is 0 Å². The third-order valence-corrected chi connectivity index (χ3v) is 3.93. The molecule has 7 heteroatoms. The summed E-state index contributed by atoms with van der Waals surface area (Å²) in [5, 5.41) is 3.89. The highest BCUT2D eigenvalue weighted by atomic mass is 35.5. The van der Waals surface area contributed by atoms with Crippen molar-refractivity contribution in [2.75, 3.05) is 11.9 Å². The summed E-state index contributed by atoms with van der Waals surface area (Å²) < 4.78 is 0. The number of aromatic amines is 2. The number of nitrogens with one attached hydrogen (secondary N) is 3. The fourth-order valence-electron chi connectivity index (χ4n) is 2.39. The van der Waals surface area contributed by atoms with Gasteiger partial charge in [0, 0.05) is 41.8 Å². The number of aromatic nitrogens is 3. The first-order valence-corrected chi connectivity index (χ1v) is 8.18. The molecule has 128 valence electrons. The number of hydrogen-bond donors (Lipinski definition) is 4. The van der Waals surface area contributed by atoms with Gasteiger partial charge in [-0.3, -0.25) is 4.99 Å². The highest BCUT2D eigenvalue weighted by Crippen LogP contribution is 2.21. The molecule has 0 amide bonds. The first-order chi connectivity index (χ1) is 12.1. The summed E-state index contributed by atoms with van der Waals surface area (Å²) in [4.78, 5) is 14.6. The molecule has 0 radical (unpaired) electrons. The van der Waals surface area contributed by atoms with Crippen molar-refractivity contribution in [3.05, 3.63) is 77.5 Å². The molecule has 6 nitrogen and oxygen atoms in total. The van der Waals surface area contributed by atoms with Crippen LogP contribution in [0.25, 0.3) is 5.70 Å². The number of benzene rings is 1. The number of anilines is 1. The molecule has 0 aliphatic carbocycles. The van der Waals surface area contributed by atoms with E-state index in [9.17, 15) is 0 Å². The van der Waals surface area contributed by atoms with Crippen molar-refractivity contribution in [2.24, 2.45) is 10.7 Å². The number of nitrogens with zero attached hydrogens (tertiary/aromatic N) is 2. The molecule has 0 aliphatic rings. The highest BCUT2D eigenvalue weighted by molar-refractivity contribution is 6.30. The molecule has 0 fully saturated rings. The molecule has 0 bridgehead atoms.